The number of nitro benzene ring substituents is 1. The van der Waals surface area contributed by atoms with Crippen LogP contribution in [0, 0.1) is 16.0 Å². The number of hydrogen-bond donors (Lipinski definition) is 2. The number of morpholine rings is 1. The zero-order chi connectivity index (χ0) is 25.2. The van der Waals surface area contributed by atoms with E-state index in [1.54, 1.807) is 0 Å². The molecule has 188 valence electrons. The Hall–Kier alpha value is -3.74. The molecule has 0 radical (unpaired) electrons. The van der Waals surface area contributed by atoms with Crippen LogP contribution in [0.5, 0.6) is 0 Å². The Balaban J connectivity index is 1.41. The summed E-state index contributed by atoms with van der Waals surface area (Å²) in [5.41, 5.74) is 1.22. The van der Waals surface area contributed by atoms with Gasteiger partial charge in [0.15, 0.2) is 6.61 Å². The van der Waals surface area contributed by atoms with E-state index in [9.17, 15) is 29.3 Å². The highest BCUT2D eigenvalue weighted by Crippen LogP contribution is 2.35. The molecule has 3 aliphatic rings. The van der Waals surface area contributed by atoms with Gasteiger partial charge in [0.25, 0.3) is 17.5 Å². The summed E-state index contributed by atoms with van der Waals surface area (Å²) >= 11 is 0. The maximum absolute atomic E-state index is 12.9. The van der Waals surface area contributed by atoms with Crippen LogP contribution in [0.1, 0.15) is 43.0 Å². The Kier molecular flexibility index (Phi) is 6.87. The molecule has 0 atom stereocenters. The number of ether oxygens (including phenoxy) is 2. The minimum absolute atomic E-state index is 0.0702. The number of urea groups is 1. The molecule has 3 fully saturated rings. The maximum atomic E-state index is 12.9. The van der Waals surface area contributed by atoms with E-state index in [-0.39, 0.29) is 11.3 Å². The lowest BCUT2D eigenvalue weighted by Gasteiger charge is -2.33. The van der Waals surface area contributed by atoms with Gasteiger partial charge in [-0.05, 0) is 37.7 Å². The van der Waals surface area contributed by atoms with E-state index in [1.807, 2.05) is 4.90 Å². The molecular weight excluding hydrogens is 462 g/mol. The molecule has 13 heteroatoms. The summed E-state index contributed by atoms with van der Waals surface area (Å²) in [6, 6.07) is 3.10. The summed E-state index contributed by atoms with van der Waals surface area (Å²) in [6.45, 7) is 3.11. The quantitative estimate of drug-likeness (QED) is 0.258. The summed E-state index contributed by atoms with van der Waals surface area (Å²) in [7, 11) is 0. The first-order chi connectivity index (χ1) is 16.7. The molecule has 2 N–H and O–H groups in total. The van der Waals surface area contributed by atoms with Gasteiger partial charge >= 0.3 is 12.0 Å². The molecule has 4 rings (SSSR count). The van der Waals surface area contributed by atoms with Crippen molar-refractivity contribution in [1.29, 1.82) is 0 Å². The van der Waals surface area contributed by atoms with Gasteiger partial charge in [-0.2, -0.15) is 5.01 Å². The average molecular weight is 489 g/mol. The number of imide groups is 1. The predicted octanol–water partition coefficient (Wildman–Crippen LogP) is 1.12. The minimum atomic E-state index is -1.02. The van der Waals surface area contributed by atoms with E-state index in [0.29, 0.717) is 55.8 Å². The molecule has 0 bridgehead atoms. The number of carbonyl (C=O) groups excluding carboxylic acids is 4. The lowest BCUT2D eigenvalue weighted by molar-refractivity contribution is -0.384. The van der Waals surface area contributed by atoms with E-state index < -0.39 is 40.9 Å². The number of nitrogens with zero attached hydrogens (tertiary/aromatic N) is 3. The van der Waals surface area contributed by atoms with Gasteiger partial charge in [-0.1, -0.05) is 6.92 Å². The zero-order valence-electron chi connectivity index (χ0n) is 19.3. The highest BCUT2D eigenvalue weighted by atomic mass is 16.6. The van der Waals surface area contributed by atoms with Crippen molar-refractivity contribution in [2.75, 3.05) is 37.8 Å². The zero-order valence-corrected chi connectivity index (χ0v) is 19.3. The lowest BCUT2D eigenvalue weighted by atomic mass is 9.77. The number of nitrogens with one attached hydrogen (secondary N) is 2. The summed E-state index contributed by atoms with van der Waals surface area (Å²) in [5.74, 6) is -1.92. The highest BCUT2D eigenvalue weighted by Gasteiger charge is 2.52. The van der Waals surface area contributed by atoms with Crippen molar-refractivity contribution < 1.29 is 33.6 Å². The van der Waals surface area contributed by atoms with Gasteiger partial charge < -0.3 is 19.7 Å². The monoisotopic (exact) mass is 489 g/mol. The van der Waals surface area contributed by atoms with E-state index >= 15 is 0 Å². The van der Waals surface area contributed by atoms with Gasteiger partial charge in [-0.3, -0.25) is 25.1 Å². The van der Waals surface area contributed by atoms with Crippen LogP contribution in [0.25, 0.3) is 0 Å². The molecule has 1 aliphatic carbocycles. The Morgan fingerprint density at radius 3 is 2.60 bits per heavy atom. The Morgan fingerprint density at radius 2 is 1.94 bits per heavy atom. The highest BCUT2D eigenvalue weighted by molar-refractivity contribution is 6.08. The molecule has 13 nitrogen and oxygen atoms in total. The molecule has 35 heavy (non-hydrogen) atoms. The number of anilines is 1. The first-order valence-corrected chi connectivity index (χ1v) is 11.4. The number of rotatable bonds is 6. The van der Waals surface area contributed by atoms with E-state index in [2.05, 4.69) is 17.7 Å². The number of carbonyl (C=O) groups is 4. The number of benzene rings is 1. The summed E-state index contributed by atoms with van der Waals surface area (Å²) in [4.78, 5) is 62.8. The minimum Gasteiger partial charge on any atom is -0.452 e. The van der Waals surface area contributed by atoms with Crippen LogP contribution >= 0.6 is 0 Å². The maximum Gasteiger partial charge on any atom is 0.344 e. The van der Waals surface area contributed by atoms with Crippen LogP contribution in [0.15, 0.2) is 18.2 Å². The van der Waals surface area contributed by atoms with Crippen molar-refractivity contribution in [3.8, 4) is 0 Å². The molecule has 2 saturated heterocycles. The second-order valence-electron chi connectivity index (χ2n) is 9.00. The largest absolute Gasteiger partial charge is 0.452 e. The Morgan fingerprint density at radius 1 is 1.26 bits per heavy atom. The SMILES string of the molecule is CC1CCC2(CC1)NC(=O)N(NC(=O)COC(=O)c1cc([N+](=O)[O-])ccc1N1CCOCC1)C2=O. The van der Waals surface area contributed by atoms with E-state index in [0.717, 1.165) is 18.9 Å². The molecule has 2 aliphatic heterocycles. The van der Waals surface area contributed by atoms with Gasteiger partial charge in [0.2, 0.25) is 0 Å². The summed E-state index contributed by atoms with van der Waals surface area (Å²) in [6.07, 6.45) is 2.52. The third-order valence-corrected chi connectivity index (χ3v) is 6.62. The van der Waals surface area contributed by atoms with Crippen molar-refractivity contribution in [2.24, 2.45) is 5.92 Å². The number of non-ortho nitro benzene ring substituents is 1. The van der Waals surface area contributed by atoms with Crippen LogP contribution in [-0.4, -0.2) is 72.2 Å². The third-order valence-electron chi connectivity index (χ3n) is 6.62. The molecule has 1 aromatic rings. The average Bonchev–Trinajstić information content (AvgIpc) is 3.08. The van der Waals surface area contributed by atoms with E-state index in [4.69, 9.17) is 9.47 Å². The molecule has 0 aromatic heterocycles. The fraction of sp³-hybridized carbons (Fsp3) is 0.545. The molecule has 1 aromatic carbocycles. The normalized spacial score (nSPS) is 24.3. The molecule has 4 amide bonds. The van der Waals surface area contributed by atoms with Crippen LogP contribution in [0.4, 0.5) is 16.2 Å². The van der Waals surface area contributed by atoms with Crippen molar-refractivity contribution in [3.63, 3.8) is 0 Å². The number of hydrazine groups is 1. The van der Waals surface area contributed by atoms with Crippen molar-refractivity contribution in [2.45, 2.75) is 38.1 Å². The van der Waals surface area contributed by atoms with Gasteiger partial charge in [-0.15, -0.1) is 0 Å². The molecule has 0 unspecified atom stereocenters. The topological polar surface area (TPSA) is 160 Å². The first-order valence-electron chi connectivity index (χ1n) is 11.4. The van der Waals surface area contributed by atoms with Gasteiger partial charge in [0.1, 0.15) is 5.54 Å². The van der Waals surface area contributed by atoms with E-state index in [1.165, 1.54) is 12.1 Å². The van der Waals surface area contributed by atoms with Crippen LogP contribution in [-0.2, 0) is 19.1 Å². The van der Waals surface area contributed by atoms with Crippen molar-refractivity contribution >= 4 is 35.2 Å². The molecule has 1 saturated carbocycles. The standard InChI is InChI=1S/C22H27N5O8/c1-14-4-6-22(7-5-14)20(30)26(21(31)23-22)24-18(28)13-35-19(29)16-12-15(27(32)33)2-3-17(16)25-8-10-34-11-9-25/h2-3,12,14H,4-11,13H2,1H3,(H,23,31)(H,24,28). The molecular formula is C22H27N5O8. The second-order valence-corrected chi connectivity index (χ2v) is 9.00. The predicted molar refractivity (Wildman–Crippen MR) is 120 cm³/mol. The van der Waals surface area contributed by atoms with Crippen LogP contribution in [0.2, 0.25) is 0 Å². The summed E-state index contributed by atoms with van der Waals surface area (Å²) < 4.78 is 10.4. The third kappa shape index (κ3) is 5.04. The second kappa shape index (κ2) is 9.86. The number of esters is 1. The first kappa shape index (κ1) is 24.4. The molecule has 1 spiro atoms. The fourth-order valence-electron chi connectivity index (χ4n) is 4.56. The van der Waals surface area contributed by atoms with Gasteiger partial charge in [0.05, 0.1) is 29.4 Å². The fourth-order valence-corrected chi connectivity index (χ4v) is 4.56. The molecule has 2 heterocycles. The van der Waals surface area contributed by atoms with Gasteiger partial charge in [-0.25, -0.2) is 9.59 Å². The number of amides is 4. The Labute approximate surface area is 200 Å². The smallest absolute Gasteiger partial charge is 0.344 e. The van der Waals surface area contributed by atoms with Crippen molar-refractivity contribution in [3.05, 3.63) is 33.9 Å². The number of hydrogen-bond acceptors (Lipinski definition) is 9. The Bertz CT molecular complexity index is 1050. The number of nitro groups is 1. The lowest BCUT2D eigenvalue weighted by Crippen LogP contribution is -2.52. The van der Waals surface area contributed by atoms with Crippen molar-refractivity contribution in [1.82, 2.24) is 15.8 Å². The summed E-state index contributed by atoms with van der Waals surface area (Å²) in [5, 5.41) is 14.5. The van der Waals surface area contributed by atoms with Crippen LogP contribution in [0.3, 0.4) is 0 Å². The van der Waals surface area contributed by atoms with Crippen LogP contribution < -0.4 is 15.6 Å². The van der Waals surface area contributed by atoms with Gasteiger partial charge in [0, 0.05) is 25.2 Å².